The number of ether oxygens (including phenoxy) is 1. The third-order valence-corrected chi connectivity index (χ3v) is 5.41. The van der Waals surface area contributed by atoms with E-state index < -0.39 is 17.7 Å². The second kappa shape index (κ2) is 9.26. The third-order valence-electron chi connectivity index (χ3n) is 5.41. The second-order valence-electron chi connectivity index (χ2n) is 7.94. The number of hydrogen-bond donors (Lipinski definition) is 3. The fourth-order valence-corrected chi connectivity index (χ4v) is 3.87. The van der Waals surface area contributed by atoms with Crippen molar-refractivity contribution in [1.29, 1.82) is 0 Å². The summed E-state index contributed by atoms with van der Waals surface area (Å²) in [6.07, 6.45) is -0.806. The summed E-state index contributed by atoms with van der Waals surface area (Å²) in [5.41, 5.74) is 10.6. The molecule has 4 aromatic carbocycles. The predicted molar refractivity (Wildman–Crippen MR) is 134 cm³/mol. The number of rotatable bonds is 5. The highest BCUT2D eigenvalue weighted by atomic mass is 19.2. The van der Waals surface area contributed by atoms with E-state index in [9.17, 15) is 13.6 Å². The topological polar surface area (TPSA) is 89.3 Å². The van der Waals surface area contributed by atoms with Crippen molar-refractivity contribution in [3.63, 3.8) is 0 Å². The van der Waals surface area contributed by atoms with Gasteiger partial charge in [-0.1, -0.05) is 36.4 Å². The number of amides is 1. The molecule has 0 bridgehead atoms. The molecule has 0 aliphatic rings. The van der Waals surface area contributed by atoms with Crippen LogP contribution in [0.4, 0.5) is 36.3 Å². The number of nitrogens with two attached hydrogens (primary N) is 1. The van der Waals surface area contributed by atoms with E-state index in [0.717, 1.165) is 39.6 Å². The Bertz CT molecular complexity index is 1520. The zero-order valence-corrected chi connectivity index (χ0v) is 18.4. The molecule has 5 rings (SSSR count). The highest BCUT2D eigenvalue weighted by Crippen LogP contribution is 2.33. The number of aromatic nitrogens is 1. The van der Waals surface area contributed by atoms with Crippen LogP contribution in [0.5, 0.6) is 0 Å². The molecule has 0 saturated heterocycles. The van der Waals surface area contributed by atoms with E-state index >= 15 is 0 Å². The number of carbonyl (C=O) groups is 1. The molecule has 8 heteroatoms. The molecular formula is C27H20F2N4O2. The minimum atomic E-state index is -1.06. The van der Waals surface area contributed by atoms with E-state index in [1.165, 1.54) is 6.07 Å². The molecule has 0 atom stereocenters. The Kier molecular flexibility index (Phi) is 5.85. The van der Waals surface area contributed by atoms with Crippen molar-refractivity contribution in [2.24, 2.45) is 0 Å². The maximum absolute atomic E-state index is 13.4. The van der Waals surface area contributed by atoms with Crippen LogP contribution in [0.2, 0.25) is 0 Å². The molecule has 0 aliphatic heterocycles. The van der Waals surface area contributed by atoms with E-state index in [4.69, 9.17) is 15.5 Å². The lowest BCUT2D eigenvalue weighted by Crippen LogP contribution is -2.14. The fraction of sp³-hybridized carbons (Fsp3) is 0.0370. The second-order valence-corrected chi connectivity index (χ2v) is 7.94. The lowest BCUT2D eigenvalue weighted by molar-refractivity contribution is 0.155. The highest BCUT2D eigenvalue weighted by Gasteiger charge is 2.11. The molecule has 0 fully saturated rings. The van der Waals surface area contributed by atoms with Crippen LogP contribution in [0, 0.1) is 11.6 Å². The van der Waals surface area contributed by atoms with Gasteiger partial charge in [-0.05, 0) is 48.0 Å². The van der Waals surface area contributed by atoms with Gasteiger partial charge in [-0.25, -0.2) is 18.6 Å². The molecule has 174 valence electrons. The van der Waals surface area contributed by atoms with Crippen LogP contribution in [-0.2, 0) is 11.3 Å². The van der Waals surface area contributed by atoms with E-state index in [2.05, 4.69) is 10.6 Å². The first-order valence-corrected chi connectivity index (χ1v) is 10.8. The van der Waals surface area contributed by atoms with Crippen LogP contribution in [0.25, 0.3) is 21.8 Å². The molecule has 1 aromatic heterocycles. The maximum Gasteiger partial charge on any atom is 0.411 e. The number of anilines is 4. The molecular weight excluding hydrogens is 450 g/mol. The molecule has 0 unspecified atom stereocenters. The maximum atomic E-state index is 13.4. The van der Waals surface area contributed by atoms with Gasteiger partial charge < -0.3 is 15.8 Å². The van der Waals surface area contributed by atoms with Gasteiger partial charge in [-0.3, -0.25) is 5.32 Å². The number of fused-ring (bicyclic) bond motifs is 2. The lowest BCUT2D eigenvalue weighted by atomic mass is 10.1. The summed E-state index contributed by atoms with van der Waals surface area (Å²) in [5, 5.41) is 7.74. The molecule has 1 amide bonds. The fourth-order valence-electron chi connectivity index (χ4n) is 3.87. The summed E-state index contributed by atoms with van der Waals surface area (Å²) < 4.78 is 31.7. The molecule has 0 aliphatic carbocycles. The minimum absolute atomic E-state index is 0.0763. The van der Waals surface area contributed by atoms with Gasteiger partial charge in [0.2, 0.25) is 0 Å². The number of halogens is 2. The SMILES string of the molecule is Nc1cc(COC(=O)Nc2ccc(F)c(F)c2)cc(Nc2c3ccccc3nc3ccccc23)c1. The first-order chi connectivity index (χ1) is 17.0. The number of hydrogen-bond acceptors (Lipinski definition) is 5. The quantitative estimate of drug-likeness (QED) is 0.196. The molecule has 0 saturated carbocycles. The Labute approximate surface area is 199 Å². The average molecular weight is 470 g/mol. The number of carbonyl (C=O) groups excluding carboxylic acids is 1. The number of nitrogens with zero attached hydrogens (tertiary/aromatic N) is 1. The van der Waals surface area contributed by atoms with E-state index in [-0.39, 0.29) is 12.3 Å². The molecule has 5 aromatic rings. The monoisotopic (exact) mass is 470 g/mol. The molecule has 4 N–H and O–H groups in total. The van der Waals surface area contributed by atoms with Crippen LogP contribution < -0.4 is 16.4 Å². The summed E-state index contributed by atoms with van der Waals surface area (Å²) in [4.78, 5) is 16.9. The van der Waals surface area contributed by atoms with E-state index in [1.54, 1.807) is 12.1 Å². The Morgan fingerprint density at radius 2 is 1.51 bits per heavy atom. The Morgan fingerprint density at radius 1 is 0.829 bits per heavy atom. The molecule has 6 nitrogen and oxygen atoms in total. The van der Waals surface area contributed by atoms with Gasteiger partial charge in [0.1, 0.15) is 6.61 Å². The van der Waals surface area contributed by atoms with Crippen molar-refractivity contribution in [1.82, 2.24) is 4.98 Å². The van der Waals surface area contributed by atoms with Gasteiger partial charge in [-0.15, -0.1) is 0 Å². The van der Waals surface area contributed by atoms with Crippen LogP contribution >= 0.6 is 0 Å². The lowest BCUT2D eigenvalue weighted by Gasteiger charge is -2.15. The van der Waals surface area contributed by atoms with Gasteiger partial charge in [0.25, 0.3) is 0 Å². The summed E-state index contributed by atoms with van der Waals surface area (Å²) in [7, 11) is 0. The first-order valence-electron chi connectivity index (χ1n) is 10.8. The Morgan fingerprint density at radius 3 is 2.20 bits per heavy atom. The van der Waals surface area contributed by atoms with Crippen molar-refractivity contribution >= 4 is 50.6 Å². The molecule has 1 heterocycles. The van der Waals surface area contributed by atoms with Gasteiger partial charge in [-0.2, -0.15) is 0 Å². The van der Waals surface area contributed by atoms with Crippen molar-refractivity contribution in [2.75, 3.05) is 16.4 Å². The zero-order valence-electron chi connectivity index (χ0n) is 18.4. The number of nitrogen functional groups attached to an aromatic ring is 1. The molecule has 35 heavy (non-hydrogen) atoms. The third kappa shape index (κ3) is 4.81. The van der Waals surface area contributed by atoms with Crippen LogP contribution in [0.15, 0.2) is 84.9 Å². The summed E-state index contributed by atoms with van der Waals surface area (Å²) in [6.45, 7) is -0.0763. The number of benzene rings is 4. The number of para-hydroxylation sites is 2. The van der Waals surface area contributed by atoms with Gasteiger partial charge in [0, 0.05) is 33.9 Å². The largest absolute Gasteiger partial charge is 0.444 e. The average Bonchev–Trinajstić information content (AvgIpc) is 2.84. The first kappa shape index (κ1) is 22.1. The number of pyridine rings is 1. The molecule has 0 spiro atoms. The van der Waals surface area contributed by atoms with Crippen molar-refractivity contribution in [3.8, 4) is 0 Å². The standard InChI is InChI=1S/C27H20F2N4O2/c28-22-10-9-18(14-23(22)29)32-27(34)35-15-16-11-17(30)13-19(12-16)31-26-20-5-1-3-7-24(20)33-25-8-4-2-6-21(25)26/h1-14H,15,30H2,(H,31,33)(H,32,34). The van der Waals surface area contributed by atoms with Crippen molar-refractivity contribution in [2.45, 2.75) is 6.61 Å². The summed E-state index contributed by atoms with van der Waals surface area (Å²) in [6, 6.07) is 24.0. The highest BCUT2D eigenvalue weighted by molar-refractivity contribution is 6.08. The van der Waals surface area contributed by atoms with E-state index in [0.29, 0.717) is 16.9 Å². The van der Waals surface area contributed by atoms with Crippen molar-refractivity contribution in [3.05, 3.63) is 102 Å². The van der Waals surface area contributed by atoms with Gasteiger partial charge in [0.05, 0.1) is 16.7 Å². The predicted octanol–water partition coefficient (Wildman–Crippen LogP) is 6.74. The summed E-state index contributed by atoms with van der Waals surface area (Å²) in [5.74, 6) is -2.07. The Hall–Kier alpha value is -4.72. The normalized spacial score (nSPS) is 10.9. The summed E-state index contributed by atoms with van der Waals surface area (Å²) >= 11 is 0. The van der Waals surface area contributed by atoms with Crippen LogP contribution in [0.3, 0.4) is 0 Å². The zero-order chi connectivity index (χ0) is 24.4. The van der Waals surface area contributed by atoms with Crippen LogP contribution in [0.1, 0.15) is 5.56 Å². The van der Waals surface area contributed by atoms with Gasteiger partial charge in [0.15, 0.2) is 11.6 Å². The van der Waals surface area contributed by atoms with Crippen LogP contribution in [-0.4, -0.2) is 11.1 Å². The van der Waals surface area contributed by atoms with Crippen molar-refractivity contribution < 1.29 is 18.3 Å². The smallest absolute Gasteiger partial charge is 0.411 e. The van der Waals surface area contributed by atoms with E-state index in [1.807, 2.05) is 54.6 Å². The molecule has 0 radical (unpaired) electrons. The van der Waals surface area contributed by atoms with Gasteiger partial charge >= 0.3 is 6.09 Å². The minimum Gasteiger partial charge on any atom is -0.444 e. The Balaban J connectivity index is 1.38. The number of nitrogens with one attached hydrogen (secondary N) is 2.